The number of hydrogen-bond donors (Lipinski definition) is 0. The molecule has 0 saturated carbocycles. The van der Waals surface area contributed by atoms with E-state index in [1.807, 2.05) is 6.07 Å². The van der Waals surface area contributed by atoms with Crippen LogP contribution in [0, 0.1) is 6.92 Å². The molecule has 0 N–H and O–H groups in total. The van der Waals surface area contributed by atoms with Crippen LogP contribution in [0.15, 0.2) is 78.9 Å². The zero-order valence-corrected chi connectivity index (χ0v) is 25.4. The highest BCUT2D eigenvalue weighted by atomic mass is 35.5. The molecule has 0 aliphatic carbocycles. The Hall–Kier alpha value is -3.54. The van der Waals surface area contributed by atoms with E-state index in [0.29, 0.717) is 5.02 Å². The van der Waals surface area contributed by atoms with E-state index in [0.717, 1.165) is 75.3 Å². The van der Waals surface area contributed by atoms with Crippen LogP contribution < -0.4 is 14.5 Å². The molecule has 0 amide bonds. The van der Waals surface area contributed by atoms with Gasteiger partial charge in [-0.1, -0.05) is 77.5 Å². The maximum Gasteiger partial charge on any atom is 0.198 e. The molecule has 3 heterocycles. The van der Waals surface area contributed by atoms with Crippen molar-refractivity contribution in [3.05, 3.63) is 105 Å². The normalized spacial score (nSPS) is 17.8. The molecule has 0 bridgehead atoms. The SMILES string of the molecule is CCN(CC)c1ccc(C2(c3ccc(C)cc3Cl)Oc3ccccc3-c3nc(N4CCCC4)sc32)c2ccccc12. The van der Waals surface area contributed by atoms with Crippen LogP contribution in [0.2, 0.25) is 5.02 Å². The van der Waals surface area contributed by atoms with E-state index in [9.17, 15) is 0 Å². The van der Waals surface area contributed by atoms with Crippen LogP contribution in [0.25, 0.3) is 22.0 Å². The minimum absolute atomic E-state index is 0.698. The Morgan fingerprint density at radius 2 is 1.61 bits per heavy atom. The molecule has 41 heavy (non-hydrogen) atoms. The molecule has 4 nitrogen and oxygen atoms in total. The van der Waals surface area contributed by atoms with Gasteiger partial charge in [-0.2, -0.15) is 0 Å². The van der Waals surface area contributed by atoms with Crippen LogP contribution >= 0.6 is 22.9 Å². The van der Waals surface area contributed by atoms with Gasteiger partial charge in [0.05, 0.1) is 10.6 Å². The number of rotatable bonds is 6. The van der Waals surface area contributed by atoms with E-state index >= 15 is 0 Å². The average Bonchev–Trinajstić information content (AvgIpc) is 3.69. The summed E-state index contributed by atoms with van der Waals surface area (Å²) in [5, 5.41) is 4.13. The number of aryl methyl sites for hydroxylation is 1. The van der Waals surface area contributed by atoms with Gasteiger partial charge in [0.25, 0.3) is 0 Å². The first-order valence-electron chi connectivity index (χ1n) is 14.6. The number of thiazole rings is 1. The van der Waals surface area contributed by atoms with Crippen molar-refractivity contribution < 1.29 is 4.74 Å². The molecule has 208 valence electrons. The van der Waals surface area contributed by atoms with E-state index in [-0.39, 0.29) is 0 Å². The van der Waals surface area contributed by atoms with Crippen LogP contribution in [0.3, 0.4) is 0 Å². The quantitative estimate of drug-likeness (QED) is 0.201. The average molecular weight is 580 g/mol. The Balaban J connectivity index is 1.59. The molecule has 1 unspecified atom stereocenters. The molecule has 1 fully saturated rings. The van der Waals surface area contributed by atoms with Crippen LogP contribution in [-0.4, -0.2) is 31.2 Å². The van der Waals surface area contributed by atoms with Crippen molar-refractivity contribution in [2.45, 2.75) is 39.2 Å². The Morgan fingerprint density at radius 3 is 2.37 bits per heavy atom. The smallest absolute Gasteiger partial charge is 0.198 e. The van der Waals surface area contributed by atoms with Gasteiger partial charge in [-0.05, 0) is 68.8 Å². The van der Waals surface area contributed by atoms with E-state index in [2.05, 4.69) is 103 Å². The van der Waals surface area contributed by atoms with E-state index < -0.39 is 5.60 Å². The Labute approximate surface area is 251 Å². The largest absolute Gasteiger partial charge is 0.471 e. The number of benzene rings is 4. The highest BCUT2D eigenvalue weighted by Crippen LogP contribution is 2.57. The molecule has 4 aromatic carbocycles. The molecule has 0 radical (unpaired) electrons. The molecule has 1 atom stereocenters. The number of ether oxygens (including phenoxy) is 1. The fraction of sp³-hybridized carbons (Fsp3) is 0.286. The molecule has 1 aromatic heterocycles. The van der Waals surface area contributed by atoms with Gasteiger partial charge >= 0.3 is 0 Å². The van der Waals surface area contributed by atoms with E-state index in [1.165, 1.54) is 23.9 Å². The minimum atomic E-state index is -0.967. The van der Waals surface area contributed by atoms with E-state index in [1.54, 1.807) is 11.3 Å². The fourth-order valence-electron chi connectivity index (χ4n) is 6.57. The lowest BCUT2D eigenvalue weighted by Gasteiger charge is -2.40. The predicted molar refractivity (Wildman–Crippen MR) is 173 cm³/mol. The Morgan fingerprint density at radius 1 is 0.902 bits per heavy atom. The summed E-state index contributed by atoms with van der Waals surface area (Å²) in [6.45, 7) is 10.5. The summed E-state index contributed by atoms with van der Waals surface area (Å²) in [6.07, 6.45) is 2.40. The van der Waals surface area contributed by atoms with Crippen molar-refractivity contribution in [3.63, 3.8) is 0 Å². The molecule has 1 saturated heterocycles. The number of hydrogen-bond acceptors (Lipinski definition) is 5. The topological polar surface area (TPSA) is 28.6 Å². The molecule has 2 aliphatic heterocycles. The van der Waals surface area contributed by atoms with Gasteiger partial charge in [-0.15, -0.1) is 0 Å². The molecular weight excluding hydrogens is 546 g/mol. The lowest BCUT2D eigenvalue weighted by molar-refractivity contribution is 0.157. The van der Waals surface area contributed by atoms with Gasteiger partial charge in [0, 0.05) is 59.0 Å². The number of halogens is 1. The Bertz CT molecular complexity index is 1750. The monoisotopic (exact) mass is 579 g/mol. The first-order chi connectivity index (χ1) is 20.0. The van der Waals surface area contributed by atoms with Crippen molar-refractivity contribution in [2.24, 2.45) is 0 Å². The van der Waals surface area contributed by atoms with E-state index in [4.69, 9.17) is 21.3 Å². The molecule has 5 aromatic rings. The molecule has 0 spiro atoms. The third kappa shape index (κ3) is 4.12. The highest BCUT2D eigenvalue weighted by Gasteiger charge is 2.49. The lowest BCUT2D eigenvalue weighted by atomic mass is 9.78. The summed E-state index contributed by atoms with van der Waals surface area (Å²) < 4.78 is 7.33. The van der Waals surface area contributed by atoms with Crippen molar-refractivity contribution in [1.29, 1.82) is 0 Å². The maximum atomic E-state index is 7.33. The fourth-order valence-corrected chi connectivity index (χ4v) is 8.23. The van der Waals surface area contributed by atoms with Gasteiger partial charge in [0.15, 0.2) is 10.7 Å². The standard InChI is InChI=1S/C35H34ClN3OS/c1-4-38(5-2)30-19-18-27(24-12-6-7-13-25(24)30)35(28-17-16-23(3)22-29(28)36)33-32(26-14-8-9-15-31(26)40-35)37-34(41-33)39-20-10-11-21-39/h6-9,12-19,22H,4-5,10-11,20-21H2,1-3H3. The molecule has 7 rings (SSSR count). The van der Waals surface area contributed by atoms with Gasteiger partial charge in [0.1, 0.15) is 5.75 Å². The third-order valence-electron chi connectivity index (χ3n) is 8.61. The zero-order chi connectivity index (χ0) is 28.1. The maximum absolute atomic E-state index is 7.33. The summed E-state index contributed by atoms with van der Waals surface area (Å²) in [5.41, 5.74) is 5.44. The molecule has 2 aliphatic rings. The highest BCUT2D eigenvalue weighted by molar-refractivity contribution is 7.16. The summed E-state index contributed by atoms with van der Waals surface area (Å²) in [4.78, 5) is 11.3. The molecule has 6 heteroatoms. The molecular formula is C35H34ClN3OS. The first-order valence-corrected chi connectivity index (χ1v) is 15.8. The van der Waals surface area contributed by atoms with Crippen molar-refractivity contribution >= 4 is 44.5 Å². The van der Waals surface area contributed by atoms with Crippen LogP contribution in [0.4, 0.5) is 10.8 Å². The number of nitrogens with zero attached hydrogens (tertiary/aromatic N) is 3. The van der Waals surface area contributed by atoms with Crippen molar-refractivity contribution in [3.8, 4) is 17.0 Å². The second-order valence-corrected chi connectivity index (χ2v) is 12.4. The summed E-state index contributed by atoms with van der Waals surface area (Å²) >= 11 is 8.95. The van der Waals surface area contributed by atoms with Gasteiger partial charge in [-0.3, -0.25) is 0 Å². The number of anilines is 2. The summed E-state index contributed by atoms with van der Waals surface area (Å²) in [7, 11) is 0. The van der Waals surface area contributed by atoms with Gasteiger partial charge < -0.3 is 14.5 Å². The van der Waals surface area contributed by atoms with Crippen LogP contribution in [0.5, 0.6) is 5.75 Å². The van der Waals surface area contributed by atoms with Crippen LogP contribution in [-0.2, 0) is 5.60 Å². The predicted octanol–water partition coefficient (Wildman–Crippen LogP) is 9.06. The summed E-state index contributed by atoms with van der Waals surface area (Å²) in [6, 6.07) is 27.9. The van der Waals surface area contributed by atoms with Gasteiger partial charge in [-0.25, -0.2) is 4.98 Å². The van der Waals surface area contributed by atoms with Crippen LogP contribution in [0.1, 0.15) is 48.3 Å². The Kier molecular flexibility index (Phi) is 6.67. The first kappa shape index (κ1) is 26.4. The second-order valence-electron chi connectivity index (χ2n) is 11.0. The minimum Gasteiger partial charge on any atom is -0.471 e. The number of fused-ring (bicyclic) bond motifs is 4. The second kappa shape index (κ2) is 10.4. The number of aromatic nitrogens is 1. The van der Waals surface area contributed by atoms with Crippen molar-refractivity contribution in [1.82, 2.24) is 4.98 Å². The zero-order valence-electron chi connectivity index (χ0n) is 23.8. The van der Waals surface area contributed by atoms with Crippen molar-refractivity contribution in [2.75, 3.05) is 36.0 Å². The third-order valence-corrected chi connectivity index (χ3v) is 10.1. The van der Waals surface area contributed by atoms with Gasteiger partial charge in [0.2, 0.25) is 0 Å². The number of para-hydroxylation sites is 1. The summed E-state index contributed by atoms with van der Waals surface area (Å²) in [5.74, 6) is 0.826. The lowest BCUT2D eigenvalue weighted by Crippen LogP contribution is -2.38.